The zero-order valence-corrected chi connectivity index (χ0v) is 20.7. The Labute approximate surface area is 214 Å². The van der Waals surface area contributed by atoms with Crippen molar-refractivity contribution in [2.45, 2.75) is 20.0 Å². The van der Waals surface area contributed by atoms with E-state index < -0.39 is 0 Å². The van der Waals surface area contributed by atoms with Crippen molar-refractivity contribution < 1.29 is 0 Å². The molecule has 5 aromatic rings. The van der Waals surface area contributed by atoms with Crippen molar-refractivity contribution >= 4 is 23.3 Å². The van der Waals surface area contributed by atoms with Crippen LogP contribution in [0.2, 0.25) is 0 Å². The Bertz CT molecular complexity index is 1330. The van der Waals surface area contributed by atoms with Crippen LogP contribution in [0.5, 0.6) is 0 Å². The van der Waals surface area contributed by atoms with Crippen molar-refractivity contribution in [2.75, 3.05) is 4.90 Å². The summed E-state index contributed by atoms with van der Waals surface area (Å²) in [5.41, 5.74) is 8.57. The highest BCUT2D eigenvalue weighted by atomic mass is 15.1. The maximum atomic E-state index is 2.45. The van der Waals surface area contributed by atoms with Gasteiger partial charge in [-0.1, -0.05) is 97.1 Å². The minimum Gasteiger partial charge on any atom is -0.363 e. The van der Waals surface area contributed by atoms with Crippen LogP contribution in [0.3, 0.4) is 0 Å². The molecular formula is C34H31N2+. The van der Waals surface area contributed by atoms with Crippen LogP contribution in [-0.4, -0.2) is 6.21 Å². The van der Waals surface area contributed by atoms with Crippen LogP contribution in [0.15, 0.2) is 140 Å². The summed E-state index contributed by atoms with van der Waals surface area (Å²) in [6.45, 7) is 3.92. The maximum absolute atomic E-state index is 2.45. The minimum absolute atomic E-state index is 0.860. The Morgan fingerprint density at radius 2 is 1.00 bits per heavy atom. The first-order valence-corrected chi connectivity index (χ1v) is 12.4. The zero-order chi connectivity index (χ0) is 24.6. The molecule has 0 aliphatic rings. The summed E-state index contributed by atoms with van der Waals surface area (Å²) in [5.74, 6) is 0. The van der Waals surface area contributed by atoms with Crippen LogP contribution in [0.25, 0.3) is 0 Å². The van der Waals surface area contributed by atoms with Crippen molar-refractivity contribution in [3.05, 3.63) is 162 Å². The normalized spacial score (nSPS) is 10.6. The number of hydrogen-bond acceptors (Lipinski definition) is 1. The van der Waals surface area contributed by atoms with Crippen molar-refractivity contribution in [1.82, 2.24) is 4.58 Å². The van der Waals surface area contributed by atoms with Gasteiger partial charge in [0.05, 0.1) is 0 Å². The molecule has 176 valence electrons. The van der Waals surface area contributed by atoms with E-state index >= 15 is 0 Å². The average molecular weight is 468 g/mol. The predicted octanol–water partition coefficient (Wildman–Crippen LogP) is 8.16. The molecule has 0 radical (unpaired) electrons. The van der Waals surface area contributed by atoms with Crippen LogP contribution in [0, 0.1) is 6.92 Å². The summed E-state index contributed by atoms with van der Waals surface area (Å²) >= 11 is 0. The molecule has 0 amide bonds. The molecule has 5 aromatic carbocycles. The maximum Gasteiger partial charge on any atom is 0.211 e. The van der Waals surface area contributed by atoms with Gasteiger partial charge < -0.3 is 4.90 Å². The lowest BCUT2D eigenvalue weighted by molar-refractivity contribution is 0.799. The van der Waals surface area contributed by atoms with Crippen LogP contribution in [-0.2, 0) is 13.1 Å². The van der Waals surface area contributed by atoms with Gasteiger partial charge in [-0.2, -0.15) is 4.58 Å². The van der Waals surface area contributed by atoms with Gasteiger partial charge in [0, 0.05) is 48.6 Å². The average Bonchev–Trinajstić information content (AvgIpc) is 2.94. The van der Waals surface area contributed by atoms with E-state index in [1.807, 2.05) is 0 Å². The molecule has 5 rings (SSSR count). The number of rotatable bonds is 8. The molecule has 36 heavy (non-hydrogen) atoms. The summed E-state index contributed by atoms with van der Waals surface area (Å²) in [6.07, 6.45) is 2.24. The molecule has 0 aromatic heterocycles. The standard InChI is InChI=1S/C34H31N2/c1-28-24-34(35(25-29-14-6-2-7-15-29)26-30-16-8-3-9-17-30)23-22-31(28)27-36(32-18-10-4-11-19-32)33-20-12-5-13-21-33/h2-24,27H,25-26H2,1H3/q+1. The van der Waals surface area contributed by atoms with Gasteiger partial charge in [-0.25, -0.2) is 0 Å². The number of hydrogen-bond donors (Lipinski definition) is 0. The molecule has 0 N–H and O–H groups in total. The van der Waals surface area contributed by atoms with E-state index in [2.05, 4.69) is 162 Å². The molecule has 2 heteroatoms. The van der Waals surface area contributed by atoms with E-state index in [1.165, 1.54) is 27.9 Å². The summed E-state index contributed by atoms with van der Waals surface area (Å²) in [5, 5.41) is 0. The number of anilines is 1. The second-order valence-electron chi connectivity index (χ2n) is 9.04. The summed E-state index contributed by atoms with van der Waals surface area (Å²) in [7, 11) is 0. The fraction of sp³-hybridized carbons (Fsp3) is 0.0882. The Morgan fingerprint density at radius 3 is 1.44 bits per heavy atom. The van der Waals surface area contributed by atoms with E-state index in [0.717, 1.165) is 24.5 Å². The molecular weight excluding hydrogens is 436 g/mol. The third-order valence-electron chi connectivity index (χ3n) is 6.39. The molecule has 0 fully saturated rings. The monoisotopic (exact) mass is 467 g/mol. The first kappa shape index (κ1) is 23.3. The molecule has 0 bridgehead atoms. The van der Waals surface area contributed by atoms with E-state index in [4.69, 9.17) is 0 Å². The van der Waals surface area contributed by atoms with Gasteiger partial charge in [-0.05, 0) is 41.8 Å². The van der Waals surface area contributed by atoms with Gasteiger partial charge in [0.15, 0.2) is 6.21 Å². The van der Waals surface area contributed by atoms with Gasteiger partial charge in [0.1, 0.15) is 0 Å². The summed E-state index contributed by atoms with van der Waals surface area (Å²) in [6, 6.07) is 49.2. The molecule has 0 aliphatic heterocycles. The van der Waals surface area contributed by atoms with Gasteiger partial charge in [0.2, 0.25) is 11.4 Å². The van der Waals surface area contributed by atoms with Gasteiger partial charge in [-0.15, -0.1) is 0 Å². The first-order valence-electron chi connectivity index (χ1n) is 12.4. The highest BCUT2D eigenvalue weighted by molar-refractivity contribution is 5.87. The molecule has 0 saturated carbocycles. The second kappa shape index (κ2) is 11.3. The van der Waals surface area contributed by atoms with Crippen molar-refractivity contribution in [3.63, 3.8) is 0 Å². The number of para-hydroxylation sites is 2. The number of benzene rings is 5. The fourth-order valence-electron chi connectivity index (χ4n) is 4.46. The Kier molecular flexibility index (Phi) is 7.34. The number of nitrogens with zero attached hydrogens (tertiary/aromatic N) is 2. The predicted molar refractivity (Wildman–Crippen MR) is 153 cm³/mol. The van der Waals surface area contributed by atoms with Crippen molar-refractivity contribution in [2.24, 2.45) is 0 Å². The van der Waals surface area contributed by atoms with Crippen LogP contribution < -0.4 is 9.48 Å². The van der Waals surface area contributed by atoms with Gasteiger partial charge in [-0.3, -0.25) is 0 Å². The SMILES string of the molecule is Cc1cc(N(Cc2ccccc2)Cc2ccccc2)ccc1C=[N+](c1ccccc1)c1ccccc1. The van der Waals surface area contributed by atoms with E-state index in [0.29, 0.717) is 0 Å². The van der Waals surface area contributed by atoms with E-state index in [-0.39, 0.29) is 0 Å². The Morgan fingerprint density at radius 1 is 0.556 bits per heavy atom. The smallest absolute Gasteiger partial charge is 0.211 e. The van der Waals surface area contributed by atoms with E-state index in [1.54, 1.807) is 0 Å². The fourth-order valence-corrected chi connectivity index (χ4v) is 4.46. The van der Waals surface area contributed by atoms with Gasteiger partial charge >= 0.3 is 0 Å². The summed E-state index contributed by atoms with van der Waals surface area (Å²) < 4.78 is 2.26. The zero-order valence-electron chi connectivity index (χ0n) is 20.7. The Balaban J connectivity index is 1.51. The van der Waals surface area contributed by atoms with Gasteiger partial charge in [0.25, 0.3) is 0 Å². The first-order chi connectivity index (χ1) is 17.8. The third kappa shape index (κ3) is 5.79. The molecule has 0 unspecified atom stereocenters. The largest absolute Gasteiger partial charge is 0.363 e. The molecule has 2 nitrogen and oxygen atoms in total. The molecule has 0 spiro atoms. The van der Waals surface area contributed by atoms with Crippen molar-refractivity contribution in [3.8, 4) is 0 Å². The van der Waals surface area contributed by atoms with Crippen LogP contribution in [0.4, 0.5) is 17.1 Å². The van der Waals surface area contributed by atoms with Crippen molar-refractivity contribution in [1.29, 1.82) is 0 Å². The lowest BCUT2D eigenvalue weighted by atomic mass is 10.1. The lowest BCUT2D eigenvalue weighted by Gasteiger charge is -2.26. The second-order valence-corrected chi connectivity index (χ2v) is 9.04. The highest BCUT2D eigenvalue weighted by Crippen LogP contribution is 2.25. The number of aryl methyl sites for hydroxylation is 1. The Hall–Kier alpha value is -4.43. The van der Waals surface area contributed by atoms with Crippen LogP contribution >= 0.6 is 0 Å². The van der Waals surface area contributed by atoms with E-state index in [9.17, 15) is 0 Å². The third-order valence-corrected chi connectivity index (χ3v) is 6.39. The lowest BCUT2D eigenvalue weighted by Crippen LogP contribution is -2.22. The molecule has 0 atom stereocenters. The highest BCUT2D eigenvalue weighted by Gasteiger charge is 2.15. The topological polar surface area (TPSA) is 6.25 Å². The molecule has 0 aliphatic carbocycles. The molecule has 0 heterocycles. The molecule has 0 saturated heterocycles. The minimum atomic E-state index is 0.860. The van der Waals surface area contributed by atoms with Crippen LogP contribution in [0.1, 0.15) is 22.3 Å². The summed E-state index contributed by atoms with van der Waals surface area (Å²) in [4.78, 5) is 2.45. The quantitative estimate of drug-likeness (QED) is 0.165.